The molecule has 2 fully saturated rings. The number of aromatic nitrogens is 1. The third-order valence-corrected chi connectivity index (χ3v) is 5.12. The fraction of sp³-hybridized carbons (Fsp3) is 0.615. The van der Waals surface area contributed by atoms with Crippen LogP contribution >= 0.6 is 0 Å². The van der Waals surface area contributed by atoms with Crippen molar-refractivity contribution in [1.29, 1.82) is 0 Å². The Hall–Kier alpha value is -0.710. The highest BCUT2D eigenvalue weighted by atomic mass is 32.2. The molecule has 0 spiro atoms. The molecule has 9 heteroatoms. The molecule has 3 heterocycles. The highest BCUT2D eigenvalue weighted by molar-refractivity contribution is 7.75. The van der Waals surface area contributed by atoms with Crippen LogP contribution in [0.25, 0.3) is 0 Å². The van der Waals surface area contributed by atoms with Gasteiger partial charge in [-0.05, 0) is 26.0 Å². The summed E-state index contributed by atoms with van der Waals surface area (Å²) in [6.45, 7) is 4.96. The van der Waals surface area contributed by atoms with Gasteiger partial charge in [-0.1, -0.05) is 6.07 Å². The van der Waals surface area contributed by atoms with Gasteiger partial charge in [0.25, 0.3) is 0 Å². The Morgan fingerprint density at radius 1 is 0.864 bits per heavy atom. The van der Waals surface area contributed by atoms with Crippen LogP contribution in [-0.4, -0.2) is 39.8 Å². The summed E-state index contributed by atoms with van der Waals surface area (Å²) >= 11 is -3.37. The zero-order valence-corrected chi connectivity index (χ0v) is 13.9. The van der Waals surface area contributed by atoms with Crippen molar-refractivity contribution < 1.29 is 25.2 Å². The molecule has 0 atom stereocenters. The molecule has 2 aliphatic heterocycles. The molecule has 3 rings (SSSR count). The molecule has 2 aliphatic rings. The van der Waals surface area contributed by atoms with Gasteiger partial charge in [0, 0.05) is 0 Å². The molecule has 0 unspecified atom stereocenters. The quantitative estimate of drug-likeness (QED) is 0.784. The van der Waals surface area contributed by atoms with Crippen LogP contribution in [0, 0.1) is 0 Å². The lowest BCUT2D eigenvalue weighted by atomic mass is 9.85. The Kier molecular flexibility index (Phi) is 4.45. The zero-order valence-electron chi connectivity index (χ0n) is 12.3. The lowest BCUT2D eigenvalue weighted by Gasteiger charge is -2.34. The first kappa shape index (κ1) is 16.2. The predicted molar refractivity (Wildman–Crippen MR) is 79.0 cm³/mol. The van der Waals surface area contributed by atoms with Crippen molar-refractivity contribution in [3.8, 4) is 0 Å². The summed E-state index contributed by atoms with van der Waals surface area (Å²) in [5.74, 6) is 0. The Morgan fingerprint density at radius 2 is 1.23 bits per heavy atom. The van der Waals surface area contributed by atoms with Gasteiger partial charge in [0.2, 0.25) is 0 Å². The van der Waals surface area contributed by atoms with Gasteiger partial charge in [0.15, 0.2) is 0 Å². The molecule has 1 aromatic heterocycles. The minimum atomic E-state index is -1.68. The number of hydrogen-bond donors (Lipinski definition) is 0. The molecule has 0 aliphatic carbocycles. The molecule has 0 aromatic carbocycles. The topological polar surface area (TPSA) is 84.0 Å². The third-order valence-electron chi connectivity index (χ3n) is 3.88. The first-order chi connectivity index (χ1) is 10.4. The summed E-state index contributed by atoms with van der Waals surface area (Å²) in [6.07, 6.45) is 0. The smallest absolute Gasteiger partial charge is 0.267 e. The van der Waals surface area contributed by atoms with Crippen LogP contribution in [-0.2, 0) is 50.3 Å². The standard InChI is InChI=1S/C13H17NO6S2/c1-12(6-17-21(15)18-7-12)10-4-3-5-11(14-10)13(2)8-19-22(16)20-9-13/h3-5H,6-9H2,1-2H3. The monoisotopic (exact) mass is 347 g/mol. The first-order valence-corrected chi connectivity index (χ1v) is 8.76. The van der Waals surface area contributed by atoms with E-state index in [1.807, 2.05) is 32.0 Å². The largest absolute Gasteiger partial charge is 0.304 e. The van der Waals surface area contributed by atoms with Gasteiger partial charge in [-0.3, -0.25) is 21.7 Å². The van der Waals surface area contributed by atoms with Gasteiger partial charge in [0.1, 0.15) is 0 Å². The molecule has 22 heavy (non-hydrogen) atoms. The Morgan fingerprint density at radius 3 is 1.59 bits per heavy atom. The third kappa shape index (κ3) is 3.15. The van der Waals surface area contributed by atoms with Gasteiger partial charge in [-0.15, -0.1) is 0 Å². The second-order valence-electron chi connectivity index (χ2n) is 5.99. The molecule has 0 amide bonds. The van der Waals surface area contributed by atoms with E-state index < -0.39 is 33.6 Å². The lowest BCUT2D eigenvalue weighted by molar-refractivity contribution is 0.0966. The molecule has 0 saturated carbocycles. The average molecular weight is 347 g/mol. The normalized spacial score (nSPS) is 39.5. The fourth-order valence-electron chi connectivity index (χ4n) is 2.27. The van der Waals surface area contributed by atoms with Crippen LogP contribution in [0.5, 0.6) is 0 Å². The Labute approximate surface area is 134 Å². The van der Waals surface area contributed by atoms with Crippen molar-refractivity contribution in [2.45, 2.75) is 24.7 Å². The van der Waals surface area contributed by atoms with E-state index in [2.05, 4.69) is 0 Å². The summed E-state index contributed by atoms with van der Waals surface area (Å²) < 4.78 is 42.7. The molecule has 2 saturated heterocycles. The second kappa shape index (κ2) is 6.06. The molecule has 122 valence electrons. The highest BCUT2D eigenvalue weighted by Crippen LogP contribution is 2.31. The van der Waals surface area contributed by atoms with Crippen molar-refractivity contribution in [3.05, 3.63) is 29.6 Å². The van der Waals surface area contributed by atoms with Crippen LogP contribution in [0.15, 0.2) is 18.2 Å². The van der Waals surface area contributed by atoms with E-state index in [0.717, 1.165) is 11.4 Å². The predicted octanol–water partition coefficient (Wildman–Crippen LogP) is 0.848. The van der Waals surface area contributed by atoms with E-state index in [-0.39, 0.29) is 26.4 Å². The van der Waals surface area contributed by atoms with Crippen molar-refractivity contribution in [1.82, 2.24) is 4.98 Å². The van der Waals surface area contributed by atoms with E-state index >= 15 is 0 Å². The molecule has 0 radical (unpaired) electrons. The first-order valence-electron chi connectivity index (χ1n) is 6.76. The van der Waals surface area contributed by atoms with Crippen molar-refractivity contribution in [3.63, 3.8) is 0 Å². The maximum absolute atomic E-state index is 11.2. The summed E-state index contributed by atoms with van der Waals surface area (Å²) in [7, 11) is 0. The fourth-order valence-corrected chi connectivity index (χ4v) is 3.83. The van der Waals surface area contributed by atoms with Crippen molar-refractivity contribution in [2.24, 2.45) is 0 Å². The molecule has 0 bridgehead atoms. The zero-order chi connectivity index (χ0) is 15.8. The lowest BCUT2D eigenvalue weighted by Crippen LogP contribution is -2.42. The number of nitrogens with zero attached hydrogens (tertiary/aromatic N) is 1. The minimum Gasteiger partial charge on any atom is -0.267 e. The molecule has 0 N–H and O–H groups in total. The summed E-state index contributed by atoms with van der Waals surface area (Å²) in [5.41, 5.74) is 0.628. The van der Waals surface area contributed by atoms with Gasteiger partial charge >= 0.3 is 22.7 Å². The van der Waals surface area contributed by atoms with Gasteiger partial charge in [-0.25, -0.2) is 0 Å². The van der Waals surface area contributed by atoms with E-state index in [1.54, 1.807) is 0 Å². The van der Waals surface area contributed by atoms with E-state index in [9.17, 15) is 8.42 Å². The van der Waals surface area contributed by atoms with Crippen molar-refractivity contribution >= 4 is 22.7 Å². The van der Waals surface area contributed by atoms with Gasteiger partial charge in [-0.2, -0.15) is 8.42 Å². The van der Waals surface area contributed by atoms with E-state index in [4.69, 9.17) is 21.7 Å². The molecule has 7 nitrogen and oxygen atoms in total. The number of pyridine rings is 1. The van der Waals surface area contributed by atoms with E-state index in [0.29, 0.717) is 0 Å². The van der Waals surface area contributed by atoms with Crippen LogP contribution in [0.2, 0.25) is 0 Å². The van der Waals surface area contributed by atoms with Gasteiger partial charge < -0.3 is 0 Å². The maximum atomic E-state index is 11.2. The van der Waals surface area contributed by atoms with Crippen LogP contribution < -0.4 is 0 Å². The SMILES string of the molecule is CC1(c2cccc(C3(C)COS(=O)OC3)n2)COS(=O)OC1. The Bertz CT molecular complexity index is 553. The minimum absolute atomic E-state index is 0.268. The van der Waals surface area contributed by atoms with E-state index in [1.165, 1.54) is 0 Å². The Balaban J connectivity index is 1.86. The molecular formula is C13H17NO6S2. The molecule has 1 aromatic rings. The van der Waals surface area contributed by atoms with Crippen LogP contribution in [0.3, 0.4) is 0 Å². The highest BCUT2D eigenvalue weighted by Gasteiger charge is 2.38. The summed E-state index contributed by atoms with van der Waals surface area (Å²) in [6, 6.07) is 5.67. The second-order valence-corrected chi connectivity index (χ2v) is 7.75. The summed E-state index contributed by atoms with van der Waals surface area (Å²) in [4.78, 5) is 4.70. The van der Waals surface area contributed by atoms with Crippen LogP contribution in [0.1, 0.15) is 25.2 Å². The molecular weight excluding hydrogens is 330 g/mol. The number of hydrogen-bond acceptors (Lipinski definition) is 7. The summed E-state index contributed by atoms with van der Waals surface area (Å²) in [5, 5.41) is 0. The van der Waals surface area contributed by atoms with Crippen LogP contribution in [0.4, 0.5) is 0 Å². The van der Waals surface area contributed by atoms with Gasteiger partial charge in [0.05, 0.1) is 48.6 Å². The average Bonchev–Trinajstić information content (AvgIpc) is 2.54. The number of rotatable bonds is 2. The van der Waals surface area contributed by atoms with Crippen molar-refractivity contribution in [2.75, 3.05) is 26.4 Å². The maximum Gasteiger partial charge on any atom is 0.304 e.